The summed E-state index contributed by atoms with van der Waals surface area (Å²) in [6.45, 7) is 13.0. The van der Waals surface area contributed by atoms with Gasteiger partial charge in [-0.05, 0) is 61.1 Å². The molecule has 4 nitrogen and oxygen atoms in total. The van der Waals surface area contributed by atoms with Gasteiger partial charge in [0.15, 0.2) is 5.78 Å². The largest absolute Gasteiger partial charge is 0.489 e. The van der Waals surface area contributed by atoms with Crippen LogP contribution in [0.2, 0.25) is 0 Å². The van der Waals surface area contributed by atoms with Crippen molar-refractivity contribution < 1.29 is 14.3 Å². The van der Waals surface area contributed by atoms with Crippen molar-refractivity contribution in [1.29, 1.82) is 0 Å². The maximum Gasteiger partial charge on any atom is 0.170 e. The molecule has 2 aliphatic rings. The lowest BCUT2D eigenvalue weighted by atomic mass is 9.87. The highest BCUT2D eigenvalue weighted by atomic mass is 16.5. The Hall–Kier alpha value is -2.33. The van der Waals surface area contributed by atoms with E-state index in [2.05, 4.69) is 56.0 Å². The van der Waals surface area contributed by atoms with E-state index < -0.39 is 0 Å². The Morgan fingerprint density at radius 3 is 2.28 bits per heavy atom. The van der Waals surface area contributed by atoms with Crippen LogP contribution in [-0.4, -0.2) is 31.6 Å². The molecule has 1 unspecified atom stereocenters. The Morgan fingerprint density at radius 2 is 1.66 bits per heavy atom. The molecule has 0 aliphatic carbocycles. The minimum absolute atomic E-state index is 0.0203. The smallest absolute Gasteiger partial charge is 0.170 e. The molecule has 2 aliphatic heterocycles. The van der Waals surface area contributed by atoms with Gasteiger partial charge in [-0.25, -0.2) is 0 Å². The highest BCUT2D eigenvalue weighted by Crippen LogP contribution is 2.37. The highest BCUT2D eigenvalue weighted by Gasteiger charge is 2.33. The van der Waals surface area contributed by atoms with Gasteiger partial charge in [0.05, 0.1) is 5.56 Å². The Labute approximate surface area is 193 Å². The van der Waals surface area contributed by atoms with E-state index in [0.29, 0.717) is 18.3 Å². The maximum absolute atomic E-state index is 13.0. The summed E-state index contributed by atoms with van der Waals surface area (Å²) in [5.41, 5.74) is 4.25. The van der Waals surface area contributed by atoms with Crippen molar-refractivity contribution in [3.8, 4) is 5.75 Å². The molecule has 0 radical (unpaired) electrons. The van der Waals surface area contributed by atoms with Crippen LogP contribution in [0.15, 0.2) is 42.5 Å². The first-order valence-corrected chi connectivity index (χ1v) is 12.3. The van der Waals surface area contributed by atoms with Crippen molar-refractivity contribution in [2.24, 2.45) is 11.8 Å². The van der Waals surface area contributed by atoms with E-state index in [-0.39, 0.29) is 11.9 Å². The minimum Gasteiger partial charge on any atom is -0.489 e. The molecule has 1 atom stereocenters. The number of fused-ring (bicyclic) bond motifs is 1. The van der Waals surface area contributed by atoms with Crippen molar-refractivity contribution in [2.45, 2.75) is 66.4 Å². The van der Waals surface area contributed by atoms with E-state index >= 15 is 0 Å². The number of Topliss-reactive ketones (excluding diaryl/α,β-unsaturated/α-hetero) is 1. The predicted molar refractivity (Wildman–Crippen MR) is 132 cm³/mol. The van der Waals surface area contributed by atoms with Crippen LogP contribution in [0.4, 0.5) is 11.4 Å². The van der Waals surface area contributed by atoms with Crippen LogP contribution in [-0.2, 0) is 11.2 Å². The molecule has 4 rings (SSSR count). The average molecular weight is 438 g/mol. The number of anilines is 2. The summed E-state index contributed by atoms with van der Waals surface area (Å²) >= 11 is 0. The molecule has 1 saturated heterocycles. The second kappa shape index (κ2) is 11.5. The summed E-state index contributed by atoms with van der Waals surface area (Å²) in [7, 11) is 0. The SMILES string of the molecule is CC.CCc1ccc(N(CC(C)C)c2ccc3c(c2)C(=O)CC(C2CCOCC2)O3)cc1. The first-order chi connectivity index (χ1) is 15.5. The lowest BCUT2D eigenvalue weighted by molar-refractivity contribution is 0.0120. The lowest BCUT2D eigenvalue weighted by Crippen LogP contribution is -2.37. The Kier molecular flexibility index (Phi) is 8.75. The van der Waals surface area contributed by atoms with Gasteiger partial charge in [-0.1, -0.05) is 46.8 Å². The number of aryl methyl sites for hydroxylation is 1. The van der Waals surface area contributed by atoms with Gasteiger partial charge in [0.2, 0.25) is 0 Å². The van der Waals surface area contributed by atoms with Crippen LogP contribution in [0, 0.1) is 11.8 Å². The molecule has 2 aromatic carbocycles. The van der Waals surface area contributed by atoms with E-state index in [1.165, 1.54) is 5.56 Å². The third-order valence-corrected chi connectivity index (χ3v) is 6.24. The molecule has 174 valence electrons. The number of carbonyl (C=O) groups is 1. The van der Waals surface area contributed by atoms with E-state index in [0.717, 1.165) is 61.7 Å². The molecule has 32 heavy (non-hydrogen) atoms. The van der Waals surface area contributed by atoms with Crippen LogP contribution in [0.3, 0.4) is 0 Å². The molecular formula is C28H39NO3. The minimum atomic E-state index is -0.0203. The maximum atomic E-state index is 13.0. The predicted octanol–water partition coefficient (Wildman–Crippen LogP) is 6.83. The van der Waals surface area contributed by atoms with Gasteiger partial charge in [-0.3, -0.25) is 4.79 Å². The zero-order chi connectivity index (χ0) is 23.1. The molecular weight excluding hydrogens is 398 g/mol. The summed E-state index contributed by atoms with van der Waals surface area (Å²) in [5.74, 6) is 1.83. The third-order valence-electron chi connectivity index (χ3n) is 6.24. The topological polar surface area (TPSA) is 38.8 Å². The normalized spacial score (nSPS) is 18.4. The molecule has 0 aromatic heterocycles. The standard InChI is InChI=1S/C26H33NO3.C2H6/c1-4-19-5-7-21(8-6-19)27(17-18(2)3)22-9-10-25-23(15-22)24(28)16-26(30-25)20-11-13-29-14-12-20;1-2/h5-10,15,18,20,26H,4,11-14,16-17H2,1-3H3;1-2H3. The van der Waals surface area contributed by atoms with Crippen molar-refractivity contribution in [3.05, 3.63) is 53.6 Å². The number of ether oxygens (including phenoxy) is 2. The number of rotatable bonds is 6. The zero-order valence-corrected chi connectivity index (χ0v) is 20.4. The first-order valence-electron chi connectivity index (χ1n) is 12.3. The molecule has 2 heterocycles. The number of carbonyl (C=O) groups excluding carboxylic acids is 1. The molecule has 0 amide bonds. The molecule has 1 fully saturated rings. The molecule has 0 bridgehead atoms. The van der Waals surface area contributed by atoms with Gasteiger partial charge in [-0.15, -0.1) is 0 Å². The highest BCUT2D eigenvalue weighted by molar-refractivity contribution is 6.01. The van der Waals surface area contributed by atoms with E-state index in [1.807, 2.05) is 26.0 Å². The van der Waals surface area contributed by atoms with Crippen LogP contribution in [0.5, 0.6) is 5.75 Å². The van der Waals surface area contributed by atoms with Gasteiger partial charge in [0.1, 0.15) is 11.9 Å². The summed E-state index contributed by atoms with van der Waals surface area (Å²) in [4.78, 5) is 15.3. The average Bonchev–Trinajstić information content (AvgIpc) is 2.84. The number of ketones is 1. The quantitative estimate of drug-likeness (QED) is 0.496. The summed E-state index contributed by atoms with van der Waals surface area (Å²) < 4.78 is 11.8. The van der Waals surface area contributed by atoms with Crippen molar-refractivity contribution >= 4 is 17.2 Å². The van der Waals surface area contributed by atoms with E-state index in [4.69, 9.17) is 9.47 Å². The van der Waals surface area contributed by atoms with Crippen LogP contribution < -0.4 is 9.64 Å². The van der Waals surface area contributed by atoms with Gasteiger partial charge < -0.3 is 14.4 Å². The summed E-state index contributed by atoms with van der Waals surface area (Å²) in [6.07, 6.45) is 3.43. The van der Waals surface area contributed by atoms with Gasteiger partial charge in [0, 0.05) is 43.5 Å². The first kappa shape index (κ1) is 24.3. The van der Waals surface area contributed by atoms with Gasteiger partial charge in [0.25, 0.3) is 0 Å². The van der Waals surface area contributed by atoms with Crippen molar-refractivity contribution in [1.82, 2.24) is 0 Å². The Morgan fingerprint density at radius 1 is 1.00 bits per heavy atom. The van der Waals surface area contributed by atoms with Crippen LogP contribution in [0.1, 0.15) is 69.8 Å². The Bertz CT molecular complexity index is 869. The molecule has 0 N–H and O–H groups in total. The number of nitrogens with zero attached hydrogens (tertiary/aromatic N) is 1. The number of benzene rings is 2. The summed E-state index contributed by atoms with van der Waals surface area (Å²) in [5, 5.41) is 0. The fraction of sp³-hybridized carbons (Fsp3) is 0.536. The second-order valence-electron chi connectivity index (χ2n) is 8.94. The Balaban J connectivity index is 0.00000141. The van der Waals surface area contributed by atoms with Crippen molar-refractivity contribution in [2.75, 3.05) is 24.7 Å². The fourth-order valence-corrected chi connectivity index (χ4v) is 4.49. The second-order valence-corrected chi connectivity index (χ2v) is 8.94. The van der Waals surface area contributed by atoms with Crippen LogP contribution >= 0.6 is 0 Å². The lowest BCUT2D eigenvalue weighted by Gasteiger charge is -2.34. The van der Waals surface area contributed by atoms with Crippen molar-refractivity contribution in [3.63, 3.8) is 0 Å². The van der Waals surface area contributed by atoms with E-state index in [1.54, 1.807) is 0 Å². The fourth-order valence-electron chi connectivity index (χ4n) is 4.49. The third kappa shape index (κ3) is 5.72. The molecule has 4 heteroatoms. The molecule has 2 aromatic rings. The molecule has 0 spiro atoms. The summed E-state index contributed by atoms with van der Waals surface area (Å²) in [6, 6.07) is 14.8. The van der Waals surface area contributed by atoms with E-state index in [9.17, 15) is 4.79 Å². The molecule has 0 saturated carbocycles. The zero-order valence-electron chi connectivity index (χ0n) is 20.4. The van der Waals surface area contributed by atoms with Crippen LogP contribution in [0.25, 0.3) is 0 Å². The van der Waals surface area contributed by atoms with Gasteiger partial charge in [-0.2, -0.15) is 0 Å². The monoisotopic (exact) mass is 437 g/mol. The number of hydrogen-bond acceptors (Lipinski definition) is 4. The number of hydrogen-bond donors (Lipinski definition) is 0. The van der Waals surface area contributed by atoms with Gasteiger partial charge >= 0.3 is 0 Å².